The van der Waals surface area contributed by atoms with Gasteiger partial charge in [-0.1, -0.05) is 29.7 Å². The number of hydrogen-bond donors (Lipinski definition) is 2. The van der Waals surface area contributed by atoms with Crippen LogP contribution in [0.5, 0.6) is 0 Å². The zero-order valence-corrected chi connectivity index (χ0v) is 21.2. The Morgan fingerprint density at radius 1 is 1.15 bits per heavy atom. The number of amides is 1. The lowest BCUT2D eigenvalue weighted by Gasteiger charge is -2.59. The van der Waals surface area contributed by atoms with Crippen LogP contribution in [0.2, 0.25) is 0 Å². The van der Waals surface area contributed by atoms with Crippen LogP contribution in [0.4, 0.5) is 4.79 Å². The van der Waals surface area contributed by atoms with E-state index in [1.807, 2.05) is 12.0 Å². The summed E-state index contributed by atoms with van der Waals surface area (Å²) in [4.78, 5) is 32.6. The zero-order chi connectivity index (χ0) is 25.5. The molecule has 3 saturated heterocycles. The van der Waals surface area contributed by atoms with Crippen LogP contribution in [0.3, 0.4) is 0 Å². The monoisotopic (exact) mass is 483 g/mol. The minimum Gasteiger partial charge on any atom is -0.480 e. The Morgan fingerprint density at radius 2 is 1.74 bits per heavy atom. The fraction of sp³-hybridized carbons (Fsp3) is 0.833. The molecule has 0 aromatic rings. The summed E-state index contributed by atoms with van der Waals surface area (Å²) in [6, 6.07) is 0. The maximum Gasteiger partial charge on any atom is 0.407 e. The summed E-state index contributed by atoms with van der Waals surface area (Å²) in [6.07, 6.45) is 8.40. The van der Waals surface area contributed by atoms with Crippen LogP contribution in [0.15, 0.2) is 16.8 Å². The van der Waals surface area contributed by atoms with Gasteiger partial charge in [-0.3, -0.25) is 9.69 Å². The van der Waals surface area contributed by atoms with Crippen LogP contribution in [-0.2, 0) is 14.3 Å². The first kappa shape index (κ1) is 28.2. The highest BCUT2D eigenvalue weighted by molar-refractivity contribution is 5.69. The van der Waals surface area contributed by atoms with E-state index in [0.29, 0.717) is 44.3 Å². The van der Waals surface area contributed by atoms with E-state index in [1.54, 1.807) is 0 Å². The fourth-order valence-corrected chi connectivity index (χ4v) is 5.56. The van der Waals surface area contributed by atoms with Gasteiger partial charge in [0.2, 0.25) is 0 Å². The van der Waals surface area contributed by atoms with E-state index in [1.165, 1.54) is 43.2 Å². The standard InChI is InChI=1S/C15H26O2.C8H12N2O4.CH3NO/c1-11(2)9-10-14-15(3,17-14)12-7-5-6-8-13(12)16-4;11-6(12)1-9-2-8(3-9)4-10(5-8)7(13)14;1-2-3/h9,12-14H,5-8,10H2,1-4H3;1-5H2,(H,11,12)(H,13,14);1H3/t12?,13?,14-,15-;;/m1../s1. The molecule has 2 N–H and O–H groups in total. The second-order valence-electron chi connectivity index (χ2n) is 10.3. The van der Waals surface area contributed by atoms with Gasteiger partial charge in [0.15, 0.2) is 0 Å². The van der Waals surface area contributed by atoms with Gasteiger partial charge in [0.1, 0.15) is 0 Å². The fourth-order valence-electron chi connectivity index (χ4n) is 5.56. The molecule has 1 saturated carbocycles. The Balaban J connectivity index is 0.000000219. The lowest BCUT2D eigenvalue weighted by molar-refractivity contribution is -0.147. The predicted molar refractivity (Wildman–Crippen MR) is 128 cm³/mol. The molecule has 2 unspecified atom stereocenters. The minimum atomic E-state index is -0.882. The molecule has 34 heavy (non-hydrogen) atoms. The second-order valence-corrected chi connectivity index (χ2v) is 10.3. The summed E-state index contributed by atoms with van der Waals surface area (Å²) in [5.41, 5.74) is 1.52. The first-order chi connectivity index (χ1) is 16.0. The number of likely N-dealkylation sites (tertiary alicyclic amines) is 2. The number of methoxy groups -OCH3 is 1. The Labute approximate surface area is 202 Å². The van der Waals surface area contributed by atoms with Crippen molar-refractivity contribution < 1.29 is 29.3 Å². The number of allylic oxidation sites excluding steroid dienone is 1. The summed E-state index contributed by atoms with van der Waals surface area (Å²) in [5.74, 6) is -0.230. The molecule has 4 atom stereocenters. The third kappa shape index (κ3) is 7.23. The number of nitrogens with zero attached hydrogens (tertiary/aromatic N) is 3. The Bertz CT molecular complexity index is 741. The van der Waals surface area contributed by atoms with Gasteiger partial charge < -0.3 is 24.6 Å². The number of carboxylic acid groups (broad SMARTS) is 2. The Kier molecular flexibility index (Phi) is 10.0. The van der Waals surface area contributed by atoms with E-state index in [0.717, 1.165) is 6.42 Å². The number of carbonyl (C=O) groups is 2. The maximum atomic E-state index is 10.5. The number of ether oxygens (including phenoxy) is 2. The van der Waals surface area contributed by atoms with Gasteiger partial charge >= 0.3 is 12.1 Å². The van der Waals surface area contributed by atoms with Crippen LogP contribution >= 0.6 is 0 Å². The lowest BCUT2D eigenvalue weighted by Crippen LogP contribution is -2.73. The topological polar surface area (TPSA) is 132 Å². The molecule has 0 bridgehead atoms. The Morgan fingerprint density at radius 3 is 2.24 bits per heavy atom. The van der Waals surface area contributed by atoms with Crippen molar-refractivity contribution in [2.24, 2.45) is 16.5 Å². The van der Waals surface area contributed by atoms with Gasteiger partial charge in [-0.25, -0.2) is 4.79 Å². The van der Waals surface area contributed by atoms with Gasteiger partial charge in [0, 0.05) is 44.6 Å². The van der Waals surface area contributed by atoms with E-state index >= 15 is 0 Å². The van der Waals surface area contributed by atoms with Crippen molar-refractivity contribution in [2.75, 3.05) is 46.9 Å². The van der Waals surface area contributed by atoms with Crippen LogP contribution in [-0.4, -0.2) is 96.8 Å². The molecule has 194 valence electrons. The van der Waals surface area contributed by atoms with Crippen molar-refractivity contribution in [3.05, 3.63) is 16.6 Å². The molecule has 1 amide bonds. The molecule has 3 heterocycles. The molecular weight excluding hydrogens is 442 g/mol. The number of aliphatic carboxylic acids is 1. The van der Waals surface area contributed by atoms with Crippen molar-refractivity contribution in [3.8, 4) is 0 Å². The van der Waals surface area contributed by atoms with Crippen LogP contribution < -0.4 is 0 Å². The highest BCUT2D eigenvalue weighted by Crippen LogP contribution is 2.50. The van der Waals surface area contributed by atoms with Crippen molar-refractivity contribution in [2.45, 2.75) is 70.7 Å². The third-order valence-corrected chi connectivity index (χ3v) is 7.26. The van der Waals surface area contributed by atoms with Gasteiger partial charge in [0.25, 0.3) is 0 Å². The molecule has 1 aliphatic carbocycles. The van der Waals surface area contributed by atoms with Gasteiger partial charge in [-0.15, -0.1) is 0 Å². The predicted octanol–water partition coefficient (Wildman–Crippen LogP) is 3.45. The van der Waals surface area contributed by atoms with Gasteiger partial charge in [0.05, 0.1) is 31.4 Å². The van der Waals surface area contributed by atoms with Crippen LogP contribution in [0.1, 0.15) is 52.9 Å². The lowest BCUT2D eigenvalue weighted by atomic mass is 9.73. The molecule has 1 spiro atoms. The smallest absolute Gasteiger partial charge is 0.407 e. The normalized spacial score (nSPS) is 30.9. The highest BCUT2D eigenvalue weighted by atomic mass is 16.6. The van der Waals surface area contributed by atoms with Crippen molar-refractivity contribution in [1.29, 1.82) is 0 Å². The molecular formula is C24H41N3O7. The first-order valence-electron chi connectivity index (χ1n) is 12.0. The quantitative estimate of drug-likeness (QED) is 0.333. The number of epoxide rings is 1. The molecule has 0 aromatic heterocycles. The number of carboxylic acids is 1. The van der Waals surface area contributed by atoms with Crippen molar-refractivity contribution in [3.63, 3.8) is 0 Å². The Hall–Kier alpha value is -2.04. The molecule has 3 aliphatic heterocycles. The molecule has 4 fully saturated rings. The third-order valence-electron chi connectivity index (χ3n) is 7.26. The molecule has 0 radical (unpaired) electrons. The average Bonchev–Trinajstić information content (AvgIpc) is 3.39. The zero-order valence-electron chi connectivity index (χ0n) is 21.2. The van der Waals surface area contributed by atoms with Crippen molar-refractivity contribution in [1.82, 2.24) is 9.80 Å². The van der Waals surface area contributed by atoms with E-state index in [-0.39, 0.29) is 17.6 Å². The summed E-state index contributed by atoms with van der Waals surface area (Å²) in [5, 5.41) is 19.4. The van der Waals surface area contributed by atoms with Crippen LogP contribution in [0.25, 0.3) is 0 Å². The first-order valence-corrected chi connectivity index (χ1v) is 12.0. The number of rotatable bonds is 6. The molecule has 10 heteroatoms. The number of nitroso groups, excluding NO2 is 1. The van der Waals surface area contributed by atoms with Gasteiger partial charge in [-0.2, -0.15) is 4.91 Å². The average molecular weight is 484 g/mol. The van der Waals surface area contributed by atoms with E-state index < -0.39 is 12.1 Å². The van der Waals surface area contributed by atoms with Gasteiger partial charge in [-0.05, 0) is 40.0 Å². The number of hydrogen-bond acceptors (Lipinski definition) is 7. The van der Waals surface area contributed by atoms with Crippen molar-refractivity contribution >= 4 is 12.1 Å². The second kappa shape index (κ2) is 12.1. The molecule has 10 nitrogen and oxygen atoms in total. The van der Waals surface area contributed by atoms with Crippen LogP contribution in [0, 0.1) is 16.2 Å². The summed E-state index contributed by atoms with van der Waals surface area (Å²) in [7, 11) is 3.04. The SMILES string of the molecule is CN=O.COC1CCCCC1[C@@]1(C)O[C@@H]1CC=C(C)C.O=C(O)CN1CC2(C1)CN(C(=O)O)C2. The maximum absolute atomic E-state index is 10.5. The largest absolute Gasteiger partial charge is 0.480 e. The summed E-state index contributed by atoms with van der Waals surface area (Å²) < 4.78 is 11.7. The molecule has 4 rings (SSSR count). The summed E-state index contributed by atoms with van der Waals surface area (Å²) in [6.45, 7) is 9.17. The van der Waals surface area contributed by atoms with E-state index in [9.17, 15) is 9.59 Å². The highest BCUT2D eigenvalue weighted by Gasteiger charge is 2.58. The minimum absolute atomic E-state index is 0.0633. The van der Waals surface area contributed by atoms with E-state index in [4.69, 9.17) is 24.6 Å². The summed E-state index contributed by atoms with van der Waals surface area (Å²) >= 11 is 0. The van der Waals surface area contributed by atoms with E-state index in [2.05, 4.69) is 32.0 Å². The molecule has 0 aromatic carbocycles. The molecule has 4 aliphatic rings.